The number of thiocyanates is 1. The second-order valence-electron chi connectivity index (χ2n) is 5.50. The fourth-order valence-electron chi connectivity index (χ4n) is 2.23. The molecule has 6 nitrogen and oxygen atoms in total. The van der Waals surface area contributed by atoms with Crippen molar-refractivity contribution in [2.24, 2.45) is 0 Å². The van der Waals surface area contributed by atoms with Crippen molar-refractivity contribution in [1.82, 2.24) is 5.32 Å². The third-order valence-corrected chi connectivity index (χ3v) is 4.33. The van der Waals surface area contributed by atoms with Crippen molar-refractivity contribution in [3.05, 3.63) is 65.9 Å². The first-order valence-corrected chi connectivity index (χ1v) is 8.86. The summed E-state index contributed by atoms with van der Waals surface area (Å²) in [5.41, 5.74) is 1.58. The smallest absolute Gasteiger partial charge is 0.263 e. The van der Waals surface area contributed by atoms with Crippen LogP contribution in [0.5, 0.6) is 5.75 Å². The molecule has 0 fully saturated rings. The summed E-state index contributed by atoms with van der Waals surface area (Å²) in [6.45, 7) is 1.84. The number of benzene rings is 2. The summed E-state index contributed by atoms with van der Waals surface area (Å²) in [7, 11) is 1.59. The molecule has 1 unspecified atom stereocenters. The molecule has 0 aromatic heterocycles. The van der Waals surface area contributed by atoms with Crippen LogP contribution in [0, 0.1) is 22.0 Å². The van der Waals surface area contributed by atoms with Crippen LogP contribution >= 0.6 is 11.8 Å². The lowest BCUT2D eigenvalue weighted by Crippen LogP contribution is -2.28. The Labute approximate surface area is 162 Å². The summed E-state index contributed by atoms with van der Waals surface area (Å²) in [5.74, 6) is 0.267. The van der Waals surface area contributed by atoms with Crippen LogP contribution in [0.2, 0.25) is 0 Å². The Balaban J connectivity index is 2.00. The maximum absolute atomic E-state index is 12.3. The zero-order valence-electron chi connectivity index (χ0n) is 14.9. The third kappa shape index (κ3) is 5.81. The van der Waals surface area contributed by atoms with Gasteiger partial charge in [-0.3, -0.25) is 4.79 Å². The first-order chi connectivity index (χ1) is 13.1. The molecule has 2 aromatic rings. The highest BCUT2D eigenvalue weighted by atomic mass is 32.2. The van der Waals surface area contributed by atoms with Gasteiger partial charge in [-0.1, -0.05) is 12.1 Å². The molecule has 1 atom stereocenters. The van der Waals surface area contributed by atoms with Gasteiger partial charge in [0.2, 0.25) is 0 Å². The normalized spacial score (nSPS) is 11.6. The molecule has 0 aliphatic heterocycles. The number of hydrogen-bond acceptors (Lipinski definition) is 6. The molecule has 2 aromatic carbocycles. The zero-order chi connectivity index (χ0) is 19.6. The summed E-state index contributed by atoms with van der Waals surface area (Å²) >= 11 is 1.06. The predicted molar refractivity (Wildman–Crippen MR) is 105 cm³/mol. The van der Waals surface area contributed by atoms with Crippen molar-refractivity contribution >= 4 is 23.4 Å². The van der Waals surface area contributed by atoms with Gasteiger partial charge in [-0.15, -0.1) is 0 Å². The lowest BCUT2D eigenvalue weighted by Gasteiger charge is -2.14. The number of thioether (sulfide) groups is 1. The molecule has 0 aliphatic rings. The minimum atomic E-state index is -0.468. The van der Waals surface area contributed by atoms with Crippen LogP contribution in [0.15, 0.2) is 65.2 Å². The number of anilines is 1. The summed E-state index contributed by atoms with van der Waals surface area (Å²) in [6.07, 6.45) is 1.36. The molecule has 2 rings (SSSR count). The Morgan fingerprint density at radius 2 is 1.81 bits per heavy atom. The highest BCUT2D eigenvalue weighted by Gasteiger charge is 2.13. The molecule has 0 aliphatic carbocycles. The fourth-order valence-corrected chi connectivity index (χ4v) is 2.60. The van der Waals surface area contributed by atoms with E-state index in [9.17, 15) is 10.1 Å². The summed E-state index contributed by atoms with van der Waals surface area (Å²) < 4.78 is 5.12. The Morgan fingerprint density at radius 1 is 1.15 bits per heavy atom. The number of hydrogen-bond donors (Lipinski definition) is 2. The number of methoxy groups -OCH3 is 1. The van der Waals surface area contributed by atoms with Gasteiger partial charge in [-0.2, -0.15) is 10.5 Å². The lowest BCUT2D eigenvalue weighted by atomic mass is 10.1. The van der Waals surface area contributed by atoms with E-state index in [1.54, 1.807) is 31.4 Å². The molecule has 136 valence electrons. The van der Waals surface area contributed by atoms with Gasteiger partial charge < -0.3 is 15.4 Å². The van der Waals surface area contributed by atoms with Crippen molar-refractivity contribution in [1.29, 1.82) is 10.5 Å². The number of carbonyl (C=O) groups excluding carboxylic acids is 1. The number of ether oxygens (including phenoxy) is 1. The van der Waals surface area contributed by atoms with E-state index in [1.165, 1.54) is 6.20 Å². The Kier molecular flexibility index (Phi) is 7.30. The Bertz CT molecular complexity index is 894. The first kappa shape index (κ1) is 19.9. The van der Waals surface area contributed by atoms with Crippen LogP contribution in [0.25, 0.3) is 0 Å². The second-order valence-corrected chi connectivity index (χ2v) is 6.36. The van der Waals surface area contributed by atoms with Crippen molar-refractivity contribution < 1.29 is 9.53 Å². The second kappa shape index (κ2) is 9.91. The van der Waals surface area contributed by atoms with Crippen LogP contribution in [-0.2, 0) is 4.79 Å². The average Bonchev–Trinajstić information content (AvgIpc) is 2.70. The van der Waals surface area contributed by atoms with Gasteiger partial charge in [0.05, 0.1) is 13.2 Å². The predicted octanol–water partition coefficient (Wildman–Crippen LogP) is 3.97. The van der Waals surface area contributed by atoms with E-state index in [0.717, 1.165) is 28.0 Å². The van der Waals surface area contributed by atoms with Crippen LogP contribution < -0.4 is 15.4 Å². The molecule has 27 heavy (non-hydrogen) atoms. The van der Waals surface area contributed by atoms with Crippen LogP contribution in [0.1, 0.15) is 18.5 Å². The minimum absolute atomic E-state index is 0.0363. The summed E-state index contributed by atoms with van der Waals surface area (Å²) in [6, 6.07) is 16.1. The quantitative estimate of drug-likeness (QED) is 0.327. The van der Waals surface area contributed by atoms with Crippen molar-refractivity contribution in [2.75, 3.05) is 12.4 Å². The van der Waals surface area contributed by atoms with Crippen LogP contribution in [0.3, 0.4) is 0 Å². The topological polar surface area (TPSA) is 97.9 Å². The van der Waals surface area contributed by atoms with Crippen molar-refractivity contribution in [3.8, 4) is 17.2 Å². The average molecular weight is 378 g/mol. The molecule has 1 amide bonds. The highest BCUT2D eigenvalue weighted by Crippen LogP contribution is 2.20. The number of nitriles is 2. The Hall–Kier alpha value is -3.42. The molecule has 0 heterocycles. The standard InChI is InChI=1S/C20H18N4O2S/c1-14(15-3-7-18(26-2)8-4-15)24-20(25)16(11-21)12-23-17-5-9-19(10-6-17)27-13-22/h3-10,12,14,23H,1-2H3,(H,24,25)/b16-12-. The highest BCUT2D eigenvalue weighted by molar-refractivity contribution is 8.03. The van der Waals surface area contributed by atoms with Crippen molar-refractivity contribution in [2.45, 2.75) is 17.9 Å². The molecule has 0 saturated heterocycles. The lowest BCUT2D eigenvalue weighted by molar-refractivity contribution is -0.117. The Morgan fingerprint density at radius 3 is 2.37 bits per heavy atom. The zero-order valence-corrected chi connectivity index (χ0v) is 15.7. The maximum atomic E-state index is 12.3. The third-order valence-electron chi connectivity index (χ3n) is 3.73. The van der Waals surface area contributed by atoms with Crippen LogP contribution in [-0.4, -0.2) is 13.0 Å². The van der Waals surface area contributed by atoms with Crippen LogP contribution in [0.4, 0.5) is 5.69 Å². The van der Waals surface area contributed by atoms with Gasteiger partial charge in [-0.25, -0.2) is 0 Å². The molecular weight excluding hydrogens is 360 g/mol. The van der Waals surface area contributed by atoms with Gasteiger partial charge in [0.15, 0.2) is 0 Å². The van der Waals surface area contributed by atoms with E-state index in [2.05, 4.69) is 10.6 Å². The van der Waals surface area contributed by atoms with Gasteiger partial charge in [-0.05, 0) is 60.6 Å². The van der Waals surface area contributed by atoms with E-state index in [4.69, 9.17) is 10.00 Å². The van der Waals surface area contributed by atoms with Gasteiger partial charge >= 0.3 is 0 Å². The molecule has 7 heteroatoms. The van der Waals surface area contributed by atoms with Gasteiger partial charge in [0, 0.05) is 16.8 Å². The SMILES string of the molecule is COc1ccc(C(C)NC(=O)/C(C#N)=C\Nc2ccc(SC#N)cc2)cc1. The van der Waals surface area contributed by atoms with E-state index in [1.807, 2.05) is 42.7 Å². The minimum Gasteiger partial charge on any atom is -0.497 e. The maximum Gasteiger partial charge on any atom is 0.263 e. The molecule has 2 N–H and O–H groups in total. The summed E-state index contributed by atoms with van der Waals surface area (Å²) in [5, 5.41) is 25.6. The van der Waals surface area contributed by atoms with Crippen molar-refractivity contribution in [3.63, 3.8) is 0 Å². The number of nitrogens with one attached hydrogen (secondary N) is 2. The van der Waals surface area contributed by atoms with E-state index in [-0.39, 0.29) is 11.6 Å². The molecule has 0 saturated carbocycles. The monoisotopic (exact) mass is 378 g/mol. The summed E-state index contributed by atoms with van der Waals surface area (Å²) in [4.78, 5) is 13.2. The fraction of sp³-hybridized carbons (Fsp3) is 0.150. The molecule has 0 radical (unpaired) electrons. The number of carbonyl (C=O) groups is 1. The number of rotatable bonds is 7. The van der Waals surface area contributed by atoms with E-state index < -0.39 is 5.91 Å². The van der Waals surface area contributed by atoms with E-state index >= 15 is 0 Å². The number of amides is 1. The molecule has 0 bridgehead atoms. The first-order valence-electron chi connectivity index (χ1n) is 8.05. The molecule has 0 spiro atoms. The van der Waals surface area contributed by atoms with Gasteiger partial charge in [0.25, 0.3) is 5.91 Å². The van der Waals surface area contributed by atoms with E-state index in [0.29, 0.717) is 5.69 Å². The number of nitrogens with zero attached hydrogens (tertiary/aromatic N) is 2. The van der Waals surface area contributed by atoms with Gasteiger partial charge in [0.1, 0.15) is 22.8 Å². The molecular formula is C20H18N4O2S. The largest absolute Gasteiger partial charge is 0.497 e.